The smallest absolute Gasteiger partial charge is 0.407 e. The number of fused-ring (bicyclic) bond motifs is 3. The maximum absolute atomic E-state index is 12.3. The number of nitrogens with two attached hydrogens (primary N) is 1. The zero-order valence-corrected chi connectivity index (χ0v) is 18.5. The SMILES string of the molecule is Cc1cc([N+](=O)[O-])cc(C(O)C(O)CNC(=O)OCC2c3ccccc3-c3ccccc32)c1N. The number of anilines is 1. The average molecular weight is 463 g/mol. The van der Waals surface area contributed by atoms with E-state index in [9.17, 15) is 25.1 Å². The number of ether oxygens (including phenoxy) is 1. The van der Waals surface area contributed by atoms with Crippen molar-refractivity contribution in [3.63, 3.8) is 0 Å². The predicted molar refractivity (Wildman–Crippen MR) is 126 cm³/mol. The number of hydrogen-bond donors (Lipinski definition) is 4. The number of aryl methyl sites for hydroxylation is 1. The third kappa shape index (κ3) is 4.43. The van der Waals surface area contributed by atoms with Crippen LogP contribution in [-0.4, -0.2) is 40.5 Å². The van der Waals surface area contributed by atoms with Crippen LogP contribution in [0.2, 0.25) is 0 Å². The van der Waals surface area contributed by atoms with Crippen molar-refractivity contribution in [2.24, 2.45) is 0 Å². The molecule has 0 saturated heterocycles. The van der Waals surface area contributed by atoms with Crippen molar-refractivity contribution in [2.75, 3.05) is 18.9 Å². The lowest BCUT2D eigenvalue weighted by atomic mass is 9.98. The number of aliphatic hydroxyl groups excluding tert-OH is 2. The van der Waals surface area contributed by atoms with Gasteiger partial charge in [-0.1, -0.05) is 48.5 Å². The van der Waals surface area contributed by atoms with Crippen LogP contribution in [0.25, 0.3) is 11.1 Å². The van der Waals surface area contributed by atoms with E-state index in [4.69, 9.17) is 10.5 Å². The van der Waals surface area contributed by atoms with Crippen LogP contribution in [0.1, 0.15) is 34.3 Å². The van der Waals surface area contributed by atoms with E-state index in [0.29, 0.717) is 5.56 Å². The van der Waals surface area contributed by atoms with Gasteiger partial charge in [0.2, 0.25) is 0 Å². The van der Waals surface area contributed by atoms with Crippen molar-refractivity contribution in [2.45, 2.75) is 25.0 Å². The van der Waals surface area contributed by atoms with Crippen LogP contribution in [0.15, 0.2) is 60.7 Å². The molecular weight excluding hydrogens is 438 g/mol. The van der Waals surface area contributed by atoms with E-state index in [0.717, 1.165) is 28.3 Å². The summed E-state index contributed by atoms with van der Waals surface area (Å²) in [7, 11) is 0. The Labute approximate surface area is 196 Å². The second kappa shape index (κ2) is 9.50. The van der Waals surface area contributed by atoms with Crippen LogP contribution in [-0.2, 0) is 4.74 Å². The number of carbonyl (C=O) groups excluding carboxylic acids is 1. The number of nitro benzene ring substituents is 1. The molecule has 1 aliphatic carbocycles. The molecule has 2 unspecified atom stereocenters. The monoisotopic (exact) mass is 463 g/mol. The number of aliphatic hydroxyl groups is 2. The Bertz CT molecular complexity index is 1200. The van der Waals surface area contributed by atoms with Gasteiger partial charge >= 0.3 is 6.09 Å². The van der Waals surface area contributed by atoms with Crippen LogP contribution in [0, 0.1) is 17.0 Å². The molecule has 4 rings (SSSR count). The Morgan fingerprint density at radius 3 is 2.29 bits per heavy atom. The molecule has 1 amide bonds. The van der Waals surface area contributed by atoms with Crippen molar-refractivity contribution < 1.29 is 24.7 Å². The van der Waals surface area contributed by atoms with Gasteiger partial charge in [-0.05, 0) is 34.7 Å². The van der Waals surface area contributed by atoms with Crippen LogP contribution < -0.4 is 11.1 Å². The molecule has 0 spiro atoms. The number of alkyl carbamates (subject to hydrolysis) is 1. The molecule has 9 nitrogen and oxygen atoms in total. The molecule has 176 valence electrons. The molecule has 0 aromatic heterocycles. The Morgan fingerprint density at radius 2 is 1.71 bits per heavy atom. The molecule has 5 N–H and O–H groups in total. The molecule has 0 aliphatic heterocycles. The van der Waals surface area contributed by atoms with E-state index < -0.39 is 23.2 Å². The highest BCUT2D eigenvalue weighted by Gasteiger charge is 2.29. The summed E-state index contributed by atoms with van der Waals surface area (Å²) in [5.41, 5.74) is 10.6. The number of nitrogens with one attached hydrogen (secondary N) is 1. The number of rotatable bonds is 7. The van der Waals surface area contributed by atoms with E-state index in [1.165, 1.54) is 6.07 Å². The Balaban J connectivity index is 1.37. The zero-order valence-electron chi connectivity index (χ0n) is 18.5. The van der Waals surface area contributed by atoms with Crippen LogP contribution in [0.3, 0.4) is 0 Å². The standard InChI is InChI=1S/C25H25N3O6/c1-14-10-15(28(32)33)11-20(23(14)26)24(30)22(29)12-27-25(31)34-13-21-18-8-4-2-6-16(18)17-7-3-5-9-19(17)21/h2-11,21-22,24,29-30H,12-13,26H2,1H3,(H,27,31). The molecule has 2 atom stereocenters. The normalized spacial score (nSPS) is 14.1. The summed E-state index contributed by atoms with van der Waals surface area (Å²) in [4.78, 5) is 22.8. The van der Waals surface area contributed by atoms with Crippen LogP contribution in [0.4, 0.5) is 16.2 Å². The van der Waals surface area contributed by atoms with Crippen molar-refractivity contribution in [1.29, 1.82) is 0 Å². The maximum Gasteiger partial charge on any atom is 0.407 e. The summed E-state index contributed by atoms with van der Waals surface area (Å²) >= 11 is 0. The first-order chi connectivity index (χ1) is 16.3. The minimum absolute atomic E-state index is 0.0218. The summed E-state index contributed by atoms with van der Waals surface area (Å²) in [6.45, 7) is 1.34. The lowest BCUT2D eigenvalue weighted by molar-refractivity contribution is -0.385. The van der Waals surface area contributed by atoms with Crippen molar-refractivity contribution in [3.05, 3.63) is 93.0 Å². The molecule has 0 saturated carbocycles. The molecule has 1 aliphatic rings. The zero-order chi connectivity index (χ0) is 24.4. The predicted octanol–water partition coefficient (Wildman–Crippen LogP) is 3.42. The Hall–Kier alpha value is -3.95. The summed E-state index contributed by atoms with van der Waals surface area (Å²) in [5, 5.41) is 34.4. The van der Waals surface area contributed by atoms with E-state index in [1.807, 2.05) is 48.5 Å². The molecule has 0 heterocycles. The fraction of sp³-hybridized carbons (Fsp3) is 0.240. The Morgan fingerprint density at radius 1 is 1.12 bits per heavy atom. The number of nitrogen functional groups attached to an aromatic ring is 1. The quantitative estimate of drug-likeness (QED) is 0.238. The molecule has 3 aromatic carbocycles. The van der Waals surface area contributed by atoms with Gasteiger partial charge in [0.1, 0.15) is 18.8 Å². The van der Waals surface area contributed by atoms with Gasteiger partial charge in [-0.15, -0.1) is 0 Å². The molecule has 34 heavy (non-hydrogen) atoms. The average Bonchev–Trinajstić information content (AvgIpc) is 3.16. The fourth-order valence-electron chi connectivity index (χ4n) is 4.31. The fourth-order valence-corrected chi connectivity index (χ4v) is 4.31. The molecule has 0 bridgehead atoms. The summed E-state index contributed by atoms with van der Waals surface area (Å²) < 4.78 is 5.41. The highest BCUT2D eigenvalue weighted by Crippen LogP contribution is 2.44. The number of nitrogens with zero attached hydrogens (tertiary/aromatic N) is 1. The van der Waals surface area contributed by atoms with Gasteiger partial charge in [0.25, 0.3) is 5.69 Å². The number of benzene rings is 3. The van der Waals surface area contributed by atoms with Crippen molar-refractivity contribution in [1.82, 2.24) is 5.32 Å². The van der Waals surface area contributed by atoms with Crippen LogP contribution >= 0.6 is 0 Å². The van der Waals surface area contributed by atoms with Gasteiger partial charge < -0.3 is 26.0 Å². The summed E-state index contributed by atoms with van der Waals surface area (Å²) in [6, 6.07) is 18.3. The van der Waals surface area contributed by atoms with E-state index in [1.54, 1.807) is 6.92 Å². The van der Waals surface area contributed by atoms with E-state index in [-0.39, 0.29) is 36.0 Å². The van der Waals surface area contributed by atoms with Crippen LogP contribution in [0.5, 0.6) is 0 Å². The van der Waals surface area contributed by atoms with Gasteiger partial charge in [0.15, 0.2) is 0 Å². The topological polar surface area (TPSA) is 148 Å². The molecule has 9 heteroatoms. The third-order valence-electron chi connectivity index (χ3n) is 6.10. The van der Waals surface area contributed by atoms with Crippen molar-refractivity contribution in [3.8, 4) is 11.1 Å². The minimum Gasteiger partial charge on any atom is -0.449 e. The highest BCUT2D eigenvalue weighted by molar-refractivity contribution is 5.79. The van der Waals surface area contributed by atoms with Gasteiger partial charge in [0, 0.05) is 35.8 Å². The number of amides is 1. The second-order valence-corrected chi connectivity index (χ2v) is 8.24. The maximum atomic E-state index is 12.3. The second-order valence-electron chi connectivity index (χ2n) is 8.24. The molecule has 0 fully saturated rings. The van der Waals surface area contributed by atoms with Gasteiger partial charge in [-0.25, -0.2) is 4.79 Å². The van der Waals surface area contributed by atoms with Crippen molar-refractivity contribution >= 4 is 17.5 Å². The van der Waals surface area contributed by atoms with Gasteiger partial charge in [-0.3, -0.25) is 10.1 Å². The molecule has 3 aromatic rings. The first-order valence-electron chi connectivity index (χ1n) is 10.8. The highest BCUT2D eigenvalue weighted by atomic mass is 16.6. The van der Waals surface area contributed by atoms with E-state index >= 15 is 0 Å². The minimum atomic E-state index is -1.53. The largest absolute Gasteiger partial charge is 0.449 e. The van der Waals surface area contributed by atoms with E-state index in [2.05, 4.69) is 5.32 Å². The molecular formula is C25H25N3O6. The number of hydrogen-bond acceptors (Lipinski definition) is 7. The summed E-state index contributed by atoms with van der Waals surface area (Å²) in [6.07, 6.45) is -3.74. The Kier molecular flexibility index (Phi) is 6.49. The lowest BCUT2D eigenvalue weighted by Crippen LogP contribution is -2.36. The third-order valence-corrected chi connectivity index (χ3v) is 6.10. The first kappa shape index (κ1) is 23.2. The number of nitro groups is 1. The first-order valence-corrected chi connectivity index (χ1v) is 10.8. The summed E-state index contributed by atoms with van der Waals surface area (Å²) in [5.74, 6) is -0.110. The lowest BCUT2D eigenvalue weighted by Gasteiger charge is -2.21. The molecule has 0 radical (unpaired) electrons. The van der Waals surface area contributed by atoms with Gasteiger partial charge in [-0.2, -0.15) is 0 Å². The number of carbonyl (C=O) groups is 1. The number of non-ortho nitro benzene ring substituents is 1. The van der Waals surface area contributed by atoms with Gasteiger partial charge in [0.05, 0.1) is 4.92 Å².